The first-order valence-electron chi connectivity index (χ1n) is 22.1. The molecule has 0 spiro atoms. The molecular weight excluding hydrogens is 773 g/mol. The van der Waals surface area contributed by atoms with Gasteiger partial charge in [0.2, 0.25) is 0 Å². The summed E-state index contributed by atoms with van der Waals surface area (Å²) >= 11 is 0. The molecule has 5 N–H and O–H groups in total. The number of carbonyl (C=O) groups is 3. The number of phosphoric ester groups is 1. The largest absolute Gasteiger partial charge is 0.480 e. The van der Waals surface area contributed by atoms with Crippen LogP contribution in [0, 0.1) is 0 Å². The molecule has 0 aromatic rings. The van der Waals surface area contributed by atoms with Crippen molar-refractivity contribution in [2.45, 2.75) is 180 Å². The number of carboxylic acids is 1. The molecule has 4 atom stereocenters. The summed E-state index contributed by atoms with van der Waals surface area (Å²) in [4.78, 5) is 46.0. The van der Waals surface area contributed by atoms with Crippen LogP contribution in [0.15, 0.2) is 72.9 Å². The minimum atomic E-state index is -4.79. The van der Waals surface area contributed by atoms with Crippen molar-refractivity contribution in [2.24, 2.45) is 5.73 Å². The lowest BCUT2D eigenvalue weighted by Gasteiger charge is -2.20. The van der Waals surface area contributed by atoms with E-state index in [0.29, 0.717) is 6.42 Å². The Hall–Kier alpha value is -3.12. The van der Waals surface area contributed by atoms with E-state index in [4.69, 9.17) is 24.8 Å². The fourth-order valence-electron chi connectivity index (χ4n) is 5.59. The van der Waals surface area contributed by atoms with Gasteiger partial charge in [-0.1, -0.05) is 177 Å². The van der Waals surface area contributed by atoms with E-state index in [9.17, 15) is 28.9 Å². The number of unbranched alkanes of at least 4 members (excludes halogenated alkanes) is 14. The van der Waals surface area contributed by atoms with Gasteiger partial charge in [-0.15, -0.1) is 0 Å². The van der Waals surface area contributed by atoms with Crippen LogP contribution in [0.5, 0.6) is 0 Å². The van der Waals surface area contributed by atoms with Gasteiger partial charge in [0, 0.05) is 12.8 Å². The summed E-state index contributed by atoms with van der Waals surface area (Å²) in [6.07, 6.45) is 44.4. The second kappa shape index (κ2) is 40.3. The van der Waals surface area contributed by atoms with Crippen molar-refractivity contribution in [1.82, 2.24) is 0 Å². The molecule has 13 heteroatoms. The van der Waals surface area contributed by atoms with Crippen LogP contribution in [0.4, 0.5) is 0 Å². The van der Waals surface area contributed by atoms with Crippen LogP contribution in [0.1, 0.15) is 162 Å². The van der Waals surface area contributed by atoms with Crippen molar-refractivity contribution in [3.05, 3.63) is 72.9 Å². The highest BCUT2D eigenvalue weighted by atomic mass is 31.2. The van der Waals surface area contributed by atoms with E-state index in [0.717, 1.165) is 51.4 Å². The molecule has 0 fully saturated rings. The molecule has 0 bridgehead atoms. The summed E-state index contributed by atoms with van der Waals surface area (Å²) < 4.78 is 32.5. The third kappa shape index (κ3) is 40.1. The number of ether oxygens (including phenoxy) is 2. The third-order valence-corrected chi connectivity index (χ3v) is 10.0. The van der Waals surface area contributed by atoms with Gasteiger partial charge in [-0.2, -0.15) is 0 Å². The molecule has 0 aliphatic heterocycles. The van der Waals surface area contributed by atoms with E-state index in [-0.39, 0.29) is 19.3 Å². The minimum absolute atomic E-state index is 0.0429. The molecule has 0 rings (SSSR count). The van der Waals surface area contributed by atoms with E-state index < -0.39 is 63.8 Å². The Bertz CT molecular complexity index is 1290. The number of rotatable bonds is 40. The number of esters is 2. The van der Waals surface area contributed by atoms with Crippen LogP contribution in [0.2, 0.25) is 0 Å². The Morgan fingerprint density at radius 1 is 0.610 bits per heavy atom. The SMILES string of the molecule is CC/C=C\C/C=C\C/C=C\C/C=C\C/C=C\C=C/C(O)CCC(=O)O[C@H](COC(=O)CCCCCCCCCCCCCCCCC)COP(=O)(O)OC[C@H](N)C(=O)O. The first-order chi connectivity index (χ1) is 28.5. The predicted molar refractivity (Wildman–Crippen MR) is 237 cm³/mol. The van der Waals surface area contributed by atoms with E-state index in [1.165, 1.54) is 70.6 Å². The third-order valence-electron chi connectivity index (χ3n) is 9.09. The van der Waals surface area contributed by atoms with Gasteiger partial charge in [0.25, 0.3) is 0 Å². The lowest BCUT2D eigenvalue weighted by Crippen LogP contribution is -2.34. The maximum absolute atomic E-state index is 12.6. The molecule has 59 heavy (non-hydrogen) atoms. The number of aliphatic carboxylic acids is 1. The zero-order valence-corrected chi connectivity index (χ0v) is 37.1. The van der Waals surface area contributed by atoms with Crippen LogP contribution in [-0.2, 0) is 37.5 Å². The van der Waals surface area contributed by atoms with E-state index >= 15 is 0 Å². The van der Waals surface area contributed by atoms with Crippen molar-refractivity contribution in [1.29, 1.82) is 0 Å². The lowest BCUT2D eigenvalue weighted by molar-refractivity contribution is -0.161. The van der Waals surface area contributed by atoms with Gasteiger partial charge in [0.1, 0.15) is 12.6 Å². The number of hydrogen-bond acceptors (Lipinski definition) is 10. The van der Waals surface area contributed by atoms with Gasteiger partial charge in [-0.05, 0) is 44.9 Å². The average molecular weight is 852 g/mol. The highest BCUT2D eigenvalue weighted by molar-refractivity contribution is 7.47. The Balaban J connectivity index is 4.60. The number of aliphatic hydroxyl groups is 1. The van der Waals surface area contributed by atoms with Crippen LogP contribution in [-0.4, -0.2) is 71.1 Å². The zero-order valence-electron chi connectivity index (χ0n) is 36.2. The molecule has 0 aromatic carbocycles. The molecule has 0 aromatic heterocycles. The topological polar surface area (TPSA) is 192 Å². The number of carbonyl (C=O) groups excluding carboxylic acids is 2. The molecule has 0 saturated carbocycles. The van der Waals surface area contributed by atoms with Crippen molar-refractivity contribution in [3.8, 4) is 0 Å². The first kappa shape index (κ1) is 55.9. The van der Waals surface area contributed by atoms with Crippen molar-refractivity contribution >= 4 is 25.7 Å². The number of carboxylic acid groups (broad SMARTS) is 1. The molecular formula is C46H78NO11P. The number of nitrogens with two attached hydrogens (primary N) is 1. The molecule has 0 saturated heterocycles. The van der Waals surface area contributed by atoms with Gasteiger partial charge < -0.3 is 30.3 Å². The summed E-state index contributed by atoms with van der Waals surface area (Å²) in [5.74, 6) is -2.69. The van der Waals surface area contributed by atoms with E-state index in [2.05, 4.69) is 67.0 Å². The first-order valence-corrected chi connectivity index (χ1v) is 23.6. The molecule has 0 radical (unpaired) electrons. The van der Waals surface area contributed by atoms with E-state index in [1.54, 1.807) is 18.2 Å². The zero-order chi connectivity index (χ0) is 43.7. The Morgan fingerprint density at radius 3 is 1.59 bits per heavy atom. The number of aliphatic hydroxyl groups excluding tert-OH is 1. The van der Waals surface area contributed by atoms with Gasteiger partial charge in [0.15, 0.2) is 6.10 Å². The van der Waals surface area contributed by atoms with Gasteiger partial charge in [-0.3, -0.25) is 23.4 Å². The highest BCUT2D eigenvalue weighted by Gasteiger charge is 2.28. The van der Waals surface area contributed by atoms with Gasteiger partial charge >= 0.3 is 25.7 Å². The smallest absolute Gasteiger partial charge is 0.472 e. The maximum Gasteiger partial charge on any atom is 0.472 e. The Labute approximate surface area is 355 Å². The second-order valence-corrected chi connectivity index (χ2v) is 16.1. The molecule has 2 unspecified atom stereocenters. The fourth-order valence-corrected chi connectivity index (χ4v) is 6.36. The Kier molecular flexibility index (Phi) is 38.2. The van der Waals surface area contributed by atoms with E-state index in [1.807, 2.05) is 6.08 Å². The number of phosphoric acid groups is 1. The van der Waals surface area contributed by atoms with Gasteiger partial charge in [0.05, 0.1) is 19.3 Å². The van der Waals surface area contributed by atoms with Gasteiger partial charge in [-0.25, -0.2) is 4.57 Å². The number of allylic oxidation sites excluding steroid dienone is 11. The van der Waals surface area contributed by atoms with Crippen molar-refractivity contribution in [3.63, 3.8) is 0 Å². The predicted octanol–water partition coefficient (Wildman–Crippen LogP) is 10.7. The summed E-state index contributed by atoms with van der Waals surface area (Å²) in [7, 11) is -4.79. The van der Waals surface area contributed by atoms with Crippen LogP contribution in [0.25, 0.3) is 0 Å². The highest BCUT2D eigenvalue weighted by Crippen LogP contribution is 2.43. The normalized spacial score (nSPS) is 14.9. The van der Waals surface area contributed by atoms with Crippen molar-refractivity contribution < 1.29 is 52.6 Å². The quantitative estimate of drug-likeness (QED) is 0.0150. The van der Waals surface area contributed by atoms with Crippen molar-refractivity contribution in [2.75, 3.05) is 19.8 Å². The Morgan fingerprint density at radius 2 is 1.08 bits per heavy atom. The molecule has 0 aliphatic rings. The molecule has 0 amide bonds. The molecule has 0 heterocycles. The van der Waals surface area contributed by atoms with Crippen LogP contribution >= 0.6 is 7.82 Å². The fraction of sp³-hybridized carbons (Fsp3) is 0.674. The monoisotopic (exact) mass is 852 g/mol. The second-order valence-electron chi connectivity index (χ2n) is 14.7. The summed E-state index contributed by atoms with van der Waals surface area (Å²) in [6, 6.07) is -1.56. The summed E-state index contributed by atoms with van der Waals surface area (Å²) in [6.45, 7) is 2.44. The maximum atomic E-state index is 12.6. The lowest BCUT2D eigenvalue weighted by atomic mass is 10.0. The molecule has 0 aliphatic carbocycles. The summed E-state index contributed by atoms with van der Waals surface area (Å²) in [5, 5.41) is 19.2. The molecule has 12 nitrogen and oxygen atoms in total. The minimum Gasteiger partial charge on any atom is -0.480 e. The summed E-state index contributed by atoms with van der Waals surface area (Å²) in [5.41, 5.74) is 5.32. The van der Waals surface area contributed by atoms with Crippen LogP contribution in [0.3, 0.4) is 0 Å². The average Bonchev–Trinajstić information content (AvgIpc) is 3.21. The standard InChI is InChI=1S/C46H78NO11P/c1-3-5-7-9-11-13-15-17-19-21-22-24-26-28-30-32-34-41(48)36-37-45(50)58-42(39-56-59(53,54)57-40-43(47)46(51)52)38-55-44(49)35-33-31-29-27-25-23-20-18-16-14-12-10-8-6-4-2/h5,7,11,13,17,19,22,24,28,30,32,34,41-43,48H,3-4,6,8-10,12,14-16,18,20-21,23,25-27,29,31,33,35-40,47H2,1-2H3,(H,51,52)(H,53,54)/b7-5-,13-11-,19-17-,24-22-,30-28-,34-32-/t41?,42-,43+/m1/s1. The molecule has 338 valence electrons. The number of hydrogen-bond donors (Lipinski definition) is 4. The van der Waals surface area contributed by atoms with Crippen LogP contribution < -0.4 is 5.73 Å².